The molecule has 4 rings (SSSR count). The summed E-state index contributed by atoms with van der Waals surface area (Å²) in [6, 6.07) is 18.7. The highest BCUT2D eigenvalue weighted by Gasteiger charge is 2.49. The van der Waals surface area contributed by atoms with Crippen LogP contribution < -0.4 is 5.73 Å². The van der Waals surface area contributed by atoms with Crippen LogP contribution in [0.3, 0.4) is 0 Å². The topological polar surface area (TPSA) is 72.6 Å². The molecule has 2 saturated heterocycles. The fourth-order valence-electron chi connectivity index (χ4n) is 3.47. The SMILES string of the molecule is NC1CC(C(=O)OC(c2ccccc2)c2ccccc2)N2C(=O)C[C@H]2S1. The molecule has 2 aliphatic rings. The molecule has 0 aliphatic carbocycles. The van der Waals surface area contributed by atoms with E-state index in [4.69, 9.17) is 10.5 Å². The maximum atomic E-state index is 13.0. The number of ether oxygens (including phenoxy) is 1. The maximum absolute atomic E-state index is 13.0. The summed E-state index contributed by atoms with van der Waals surface area (Å²) in [4.78, 5) is 26.6. The predicted octanol–water partition coefficient (Wildman–Crippen LogP) is 2.67. The Morgan fingerprint density at radius 3 is 2.19 bits per heavy atom. The lowest BCUT2D eigenvalue weighted by molar-refractivity contribution is -0.165. The Balaban J connectivity index is 1.59. The first-order valence-electron chi connectivity index (χ1n) is 8.66. The number of benzene rings is 2. The van der Waals surface area contributed by atoms with Crippen molar-refractivity contribution in [3.05, 3.63) is 71.8 Å². The first kappa shape index (κ1) is 17.1. The van der Waals surface area contributed by atoms with Gasteiger partial charge in [-0.1, -0.05) is 60.7 Å². The summed E-state index contributed by atoms with van der Waals surface area (Å²) in [5.74, 6) is -0.399. The molecule has 2 aliphatic heterocycles. The molecule has 0 spiro atoms. The summed E-state index contributed by atoms with van der Waals surface area (Å²) in [5.41, 5.74) is 7.86. The van der Waals surface area contributed by atoms with Crippen molar-refractivity contribution in [2.24, 2.45) is 5.73 Å². The molecule has 2 aromatic carbocycles. The minimum absolute atomic E-state index is 0.00398. The zero-order valence-corrected chi connectivity index (χ0v) is 15.0. The van der Waals surface area contributed by atoms with Crippen LogP contribution in [0.15, 0.2) is 60.7 Å². The number of fused-ring (bicyclic) bond motifs is 1. The molecule has 1 amide bonds. The third-order valence-corrected chi connectivity index (χ3v) is 6.03. The van der Waals surface area contributed by atoms with Crippen molar-refractivity contribution in [1.82, 2.24) is 4.90 Å². The summed E-state index contributed by atoms with van der Waals surface area (Å²) < 4.78 is 5.91. The van der Waals surface area contributed by atoms with Gasteiger partial charge in [0.2, 0.25) is 5.91 Å². The number of nitrogens with two attached hydrogens (primary N) is 1. The number of nitrogens with zero attached hydrogens (tertiary/aromatic N) is 1. The van der Waals surface area contributed by atoms with Crippen molar-refractivity contribution in [3.8, 4) is 0 Å². The van der Waals surface area contributed by atoms with Crippen molar-refractivity contribution in [1.29, 1.82) is 0 Å². The molecular weight excluding hydrogens is 348 g/mol. The molecule has 6 heteroatoms. The molecule has 2 fully saturated rings. The van der Waals surface area contributed by atoms with Gasteiger partial charge in [-0.2, -0.15) is 0 Å². The molecule has 134 valence electrons. The van der Waals surface area contributed by atoms with Gasteiger partial charge < -0.3 is 15.4 Å². The van der Waals surface area contributed by atoms with Crippen LogP contribution in [0, 0.1) is 0 Å². The van der Waals surface area contributed by atoms with E-state index in [2.05, 4.69) is 0 Å². The summed E-state index contributed by atoms with van der Waals surface area (Å²) in [6.07, 6.45) is 0.357. The number of amides is 1. The zero-order valence-electron chi connectivity index (χ0n) is 14.2. The van der Waals surface area contributed by atoms with E-state index in [1.807, 2.05) is 60.7 Å². The van der Waals surface area contributed by atoms with Crippen molar-refractivity contribution in [3.63, 3.8) is 0 Å². The number of hydrogen-bond donors (Lipinski definition) is 1. The normalized spacial score (nSPS) is 24.8. The Morgan fingerprint density at radius 2 is 1.65 bits per heavy atom. The highest BCUT2D eigenvalue weighted by Crippen LogP contribution is 2.41. The van der Waals surface area contributed by atoms with Gasteiger partial charge in [0.1, 0.15) is 6.04 Å². The standard InChI is InChI=1S/C20H20N2O3S/c21-16-11-15(22-17(23)12-18(22)26-16)20(24)25-19(13-7-3-1-4-8-13)14-9-5-2-6-10-14/h1-10,15-16,18-19H,11-12,21H2/t15?,16?,18-/m1/s1. The van der Waals surface area contributed by atoms with Crippen LogP contribution in [-0.4, -0.2) is 33.6 Å². The Morgan fingerprint density at radius 1 is 1.08 bits per heavy atom. The third-order valence-electron chi connectivity index (χ3n) is 4.78. The molecule has 2 N–H and O–H groups in total. The smallest absolute Gasteiger partial charge is 0.329 e. The molecule has 0 radical (unpaired) electrons. The summed E-state index contributed by atoms with van der Waals surface area (Å²) >= 11 is 1.55. The van der Waals surface area contributed by atoms with Crippen molar-refractivity contribution in [2.75, 3.05) is 0 Å². The van der Waals surface area contributed by atoms with E-state index in [-0.39, 0.29) is 16.7 Å². The Labute approximate surface area is 156 Å². The molecular formula is C20H20N2O3S. The van der Waals surface area contributed by atoms with Crippen molar-refractivity contribution < 1.29 is 14.3 Å². The van der Waals surface area contributed by atoms with Gasteiger partial charge in [0.25, 0.3) is 0 Å². The van der Waals surface area contributed by atoms with Gasteiger partial charge in [0.05, 0.1) is 17.2 Å². The predicted molar refractivity (Wildman–Crippen MR) is 100 cm³/mol. The van der Waals surface area contributed by atoms with Crippen LogP contribution in [0.2, 0.25) is 0 Å². The van der Waals surface area contributed by atoms with Crippen molar-refractivity contribution in [2.45, 2.75) is 35.7 Å². The second-order valence-corrected chi connectivity index (χ2v) is 7.95. The van der Waals surface area contributed by atoms with E-state index in [0.29, 0.717) is 12.8 Å². The van der Waals surface area contributed by atoms with Crippen LogP contribution in [0.5, 0.6) is 0 Å². The third kappa shape index (κ3) is 3.22. The number of rotatable bonds is 4. The highest BCUT2D eigenvalue weighted by molar-refractivity contribution is 8.00. The average Bonchev–Trinajstić information content (AvgIpc) is 2.66. The summed E-state index contributed by atoms with van der Waals surface area (Å²) in [7, 11) is 0. The van der Waals surface area contributed by atoms with E-state index in [0.717, 1.165) is 11.1 Å². The first-order chi connectivity index (χ1) is 12.6. The largest absolute Gasteiger partial charge is 0.451 e. The van der Waals surface area contributed by atoms with Crippen LogP contribution >= 0.6 is 11.8 Å². The molecule has 2 heterocycles. The van der Waals surface area contributed by atoms with Crippen LogP contribution in [0.25, 0.3) is 0 Å². The van der Waals surface area contributed by atoms with E-state index in [1.165, 1.54) is 0 Å². The van der Waals surface area contributed by atoms with Gasteiger partial charge in [-0.15, -0.1) is 11.8 Å². The van der Waals surface area contributed by atoms with Crippen LogP contribution in [-0.2, 0) is 14.3 Å². The maximum Gasteiger partial charge on any atom is 0.329 e. The molecule has 3 atom stereocenters. The summed E-state index contributed by atoms with van der Waals surface area (Å²) in [5, 5.41) is -0.162. The molecule has 2 unspecified atom stereocenters. The lowest BCUT2D eigenvalue weighted by Gasteiger charge is -2.49. The van der Waals surface area contributed by atoms with Gasteiger partial charge in [0.15, 0.2) is 6.10 Å². The number of esters is 1. The molecule has 0 saturated carbocycles. The van der Waals surface area contributed by atoms with E-state index >= 15 is 0 Å². The molecule has 5 nitrogen and oxygen atoms in total. The van der Waals surface area contributed by atoms with Gasteiger partial charge in [0, 0.05) is 6.42 Å². The van der Waals surface area contributed by atoms with Crippen LogP contribution in [0.4, 0.5) is 0 Å². The average molecular weight is 368 g/mol. The van der Waals surface area contributed by atoms with Gasteiger partial charge in [-0.25, -0.2) is 4.79 Å². The van der Waals surface area contributed by atoms with Crippen molar-refractivity contribution >= 4 is 23.6 Å². The Kier molecular flexibility index (Phi) is 4.70. The Hall–Kier alpha value is -2.31. The Bertz CT molecular complexity index is 760. The van der Waals surface area contributed by atoms with E-state index in [9.17, 15) is 9.59 Å². The zero-order chi connectivity index (χ0) is 18.1. The molecule has 0 aromatic heterocycles. The van der Waals surface area contributed by atoms with Gasteiger partial charge in [-0.3, -0.25) is 4.79 Å². The van der Waals surface area contributed by atoms with E-state index < -0.39 is 18.1 Å². The van der Waals surface area contributed by atoms with Gasteiger partial charge >= 0.3 is 5.97 Å². The highest BCUT2D eigenvalue weighted by atomic mass is 32.2. The monoisotopic (exact) mass is 368 g/mol. The molecule has 26 heavy (non-hydrogen) atoms. The second-order valence-electron chi connectivity index (χ2n) is 6.52. The number of carbonyl (C=O) groups excluding carboxylic acids is 2. The number of thioether (sulfide) groups is 1. The van der Waals surface area contributed by atoms with Gasteiger partial charge in [-0.05, 0) is 11.1 Å². The quantitative estimate of drug-likeness (QED) is 0.663. The van der Waals surface area contributed by atoms with E-state index in [1.54, 1.807) is 16.7 Å². The summed E-state index contributed by atoms with van der Waals surface area (Å²) in [6.45, 7) is 0. The lowest BCUT2D eigenvalue weighted by Crippen LogP contribution is -2.63. The fourth-order valence-corrected chi connectivity index (χ4v) is 4.80. The minimum atomic E-state index is -0.604. The number of β-lactam (4-membered cyclic amide) rings is 1. The van der Waals surface area contributed by atoms with Crippen LogP contribution in [0.1, 0.15) is 30.1 Å². The number of hydrogen-bond acceptors (Lipinski definition) is 5. The molecule has 0 bridgehead atoms. The lowest BCUT2D eigenvalue weighted by atomic mass is 10.0. The fraction of sp³-hybridized carbons (Fsp3) is 0.300. The second kappa shape index (κ2) is 7.13. The molecule has 2 aromatic rings. The number of carbonyl (C=O) groups is 2. The minimum Gasteiger partial charge on any atom is -0.451 e. The first-order valence-corrected chi connectivity index (χ1v) is 9.60.